The van der Waals surface area contributed by atoms with Gasteiger partial charge in [0.25, 0.3) is 0 Å². The molecule has 1 aliphatic heterocycles. The van der Waals surface area contributed by atoms with E-state index < -0.39 is 0 Å². The monoisotopic (exact) mass is 284 g/mol. The average molecular weight is 284 g/mol. The van der Waals surface area contributed by atoms with E-state index in [2.05, 4.69) is 25.2 Å². The Morgan fingerprint density at radius 1 is 1.05 bits per heavy atom. The van der Waals surface area contributed by atoms with Crippen LogP contribution in [0.15, 0.2) is 30.3 Å². The van der Waals surface area contributed by atoms with Gasteiger partial charge in [0.15, 0.2) is 0 Å². The van der Waals surface area contributed by atoms with E-state index in [9.17, 15) is 0 Å². The van der Waals surface area contributed by atoms with Crippen molar-refractivity contribution < 1.29 is 0 Å². The number of para-hydroxylation sites is 1. The molecule has 0 bridgehead atoms. The first-order valence-electron chi connectivity index (χ1n) is 7.25. The number of rotatable bonds is 4. The topological polar surface area (TPSA) is 57.2 Å². The van der Waals surface area contributed by atoms with E-state index in [1.54, 1.807) is 0 Å². The fourth-order valence-electron chi connectivity index (χ4n) is 2.44. The minimum Gasteiger partial charge on any atom is -0.357 e. The molecule has 1 aliphatic rings. The largest absolute Gasteiger partial charge is 0.357 e. The quantitative estimate of drug-likeness (QED) is 0.929. The zero-order valence-electron chi connectivity index (χ0n) is 12.5. The van der Waals surface area contributed by atoms with Crippen molar-refractivity contribution >= 4 is 23.5 Å². The molecule has 3 rings (SSSR count). The van der Waals surface area contributed by atoms with E-state index >= 15 is 0 Å². The number of aromatic nitrogens is 3. The second-order valence-corrected chi connectivity index (χ2v) is 5.10. The van der Waals surface area contributed by atoms with Gasteiger partial charge in [0, 0.05) is 32.9 Å². The standard InChI is InChI=1S/C15H20N6/c1-16-13-17-14(20(2)12-8-4-3-5-9-12)19-15(18-13)21-10-6-7-11-21/h3-5,8-9H,6-7,10-11H2,1-2H3,(H,16,17,18,19). The SMILES string of the molecule is CNc1nc(N2CCCC2)nc(N(C)c2ccccc2)n1. The highest BCUT2D eigenvalue weighted by Crippen LogP contribution is 2.24. The fourth-order valence-corrected chi connectivity index (χ4v) is 2.44. The molecule has 0 saturated carbocycles. The van der Waals surface area contributed by atoms with E-state index in [4.69, 9.17) is 0 Å². The summed E-state index contributed by atoms with van der Waals surface area (Å²) in [6, 6.07) is 10.1. The van der Waals surface area contributed by atoms with Crippen LogP contribution in [0, 0.1) is 0 Å². The van der Waals surface area contributed by atoms with Gasteiger partial charge < -0.3 is 15.1 Å². The third kappa shape index (κ3) is 2.89. The molecule has 110 valence electrons. The second kappa shape index (κ2) is 5.95. The van der Waals surface area contributed by atoms with Crippen LogP contribution in [0.4, 0.5) is 23.5 Å². The summed E-state index contributed by atoms with van der Waals surface area (Å²) >= 11 is 0. The van der Waals surface area contributed by atoms with Crippen LogP contribution in [0.3, 0.4) is 0 Å². The summed E-state index contributed by atoms with van der Waals surface area (Å²) in [4.78, 5) is 17.8. The van der Waals surface area contributed by atoms with E-state index in [1.807, 2.05) is 49.3 Å². The maximum Gasteiger partial charge on any atom is 0.236 e. The number of hydrogen-bond donors (Lipinski definition) is 1. The molecule has 6 heteroatoms. The van der Waals surface area contributed by atoms with Crippen molar-refractivity contribution in [2.24, 2.45) is 0 Å². The van der Waals surface area contributed by atoms with Crippen LogP contribution in [-0.4, -0.2) is 42.1 Å². The van der Waals surface area contributed by atoms with Crippen molar-refractivity contribution in [3.8, 4) is 0 Å². The van der Waals surface area contributed by atoms with Gasteiger partial charge in [-0.2, -0.15) is 15.0 Å². The lowest BCUT2D eigenvalue weighted by atomic mass is 10.3. The molecule has 1 saturated heterocycles. The van der Waals surface area contributed by atoms with Crippen LogP contribution in [0.5, 0.6) is 0 Å². The lowest BCUT2D eigenvalue weighted by Gasteiger charge is -2.21. The molecule has 0 amide bonds. The van der Waals surface area contributed by atoms with Crippen LogP contribution in [0.2, 0.25) is 0 Å². The minimum atomic E-state index is 0.602. The Hall–Kier alpha value is -2.37. The molecule has 1 aromatic heterocycles. The molecule has 0 spiro atoms. The van der Waals surface area contributed by atoms with Crippen LogP contribution < -0.4 is 15.1 Å². The molecular weight excluding hydrogens is 264 g/mol. The molecule has 21 heavy (non-hydrogen) atoms. The highest BCUT2D eigenvalue weighted by atomic mass is 15.4. The number of nitrogens with one attached hydrogen (secondary N) is 1. The first-order chi connectivity index (χ1) is 10.3. The maximum atomic E-state index is 4.63. The van der Waals surface area contributed by atoms with Gasteiger partial charge >= 0.3 is 0 Å². The maximum absolute atomic E-state index is 4.63. The third-order valence-electron chi connectivity index (χ3n) is 3.67. The summed E-state index contributed by atoms with van der Waals surface area (Å²) in [6.45, 7) is 2.03. The molecular formula is C15H20N6. The van der Waals surface area contributed by atoms with Crippen molar-refractivity contribution in [3.63, 3.8) is 0 Å². The van der Waals surface area contributed by atoms with Gasteiger partial charge in [-0.3, -0.25) is 0 Å². The van der Waals surface area contributed by atoms with Gasteiger partial charge in [-0.15, -0.1) is 0 Å². The van der Waals surface area contributed by atoms with Gasteiger partial charge in [-0.1, -0.05) is 18.2 Å². The third-order valence-corrected chi connectivity index (χ3v) is 3.67. The number of benzene rings is 1. The smallest absolute Gasteiger partial charge is 0.236 e. The van der Waals surface area contributed by atoms with E-state index in [1.165, 1.54) is 12.8 Å². The van der Waals surface area contributed by atoms with Crippen LogP contribution >= 0.6 is 0 Å². The summed E-state index contributed by atoms with van der Waals surface area (Å²) in [5.74, 6) is 2.01. The van der Waals surface area contributed by atoms with Crippen LogP contribution in [0.1, 0.15) is 12.8 Å². The lowest BCUT2D eigenvalue weighted by molar-refractivity contribution is 0.872. The predicted octanol–water partition coefficient (Wildman–Crippen LogP) is 2.28. The molecule has 1 aromatic carbocycles. The highest BCUT2D eigenvalue weighted by Gasteiger charge is 2.18. The van der Waals surface area contributed by atoms with Crippen LogP contribution in [0.25, 0.3) is 0 Å². The second-order valence-electron chi connectivity index (χ2n) is 5.10. The molecule has 6 nitrogen and oxygen atoms in total. The predicted molar refractivity (Wildman–Crippen MR) is 85.3 cm³/mol. The molecule has 0 unspecified atom stereocenters. The molecule has 1 fully saturated rings. The number of anilines is 4. The Bertz CT molecular complexity index is 594. The average Bonchev–Trinajstić information content (AvgIpc) is 3.09. The first kappa shape index (κ1) is 13.6. The molecule has 2 aromatic rings. The summed E-state index contributed by atoms with van der Waals surface area (Å²) in [7, 11) is 3.80. The molecule has 0 aliphatic carbocycles. The Morgan fingerprint density at radius 2 is 1.76 bits per heavy atom. The lowest BCUT2D eigenvalue weighted by Crippen LogP contribution is -2.23. The van der Waals surface area contributed by atoms with Crippen molar-refractivity contribution in [1.82, 2.24) is 15.0 Å². The van der Waals surface area contributed by atoms with Crippen molar-refractivity contribution in [1.29, 1.82) is 0 Å². The van der Waals surface area contributed by atoms with Gasteiger partial charge in [0.2, 0.25) is 17.8 Å². The summed E-state index contributed by atoms with van der Waals surface area (Å²) in [5, 5.41) is 3.02. The zero-order chi connectivity index (χ0) is 14.7. The van der Waals surface area contributed by atoms with Crippen molar-refractivity contribution in [2.45, 2.75) is 12.8 Å². The Morgan fingerprint density at radius 3 is 2.43 bits per heavy atom. The number of hydrogen-bond acceptors (Lipinski definition) is 6. The molecule has 0 radical (unpaired) electrons. The summed E-state index contributed by atoms with van der Waals surface area (Å²) in [6.07, 6.45) is 2.40. The minimum absolute atomic E-state index is 0.602. The van der Waals surface area contributed by atoms with Crippen LogP contribution in [-0.2, 0) is 0 Å². The Labute approximate surface area is 124 Å². The number of nitrogens with zero attached hydrogens (tertiary/aromatic N) is 5. The molecule has 0 atom stereocenters. The van der Waals surface area contributed by atoms with Gasteiger partial charge in [-0.25, -0.2) is 0 Å². The van der Waals surface area contributed by atoms with Gasteiger partial charge in [-0.05, 0) is 25.0 Å². The zero-order valence-corrected chi connectivity index (χ0v) is 12.5. The van der Waals surface area contributed by atoms with E-state index in [0.29, 0.717) is 11.9 Å². The van der Waals surface area contributed by atoms with Gasteiger partial charge in [0.05, 0.1) is 0 Å². The fraction of sp³-hybridized carbons (Fsp3) is 0.400. The highest BCUT2D eigenvalue weighted by molar-refractivity contribution is 5.58. The Balaban J connectivity index is 1.95. The molecule has 2 heterocycles. The summed E-state index contributed by atoms with van der Waals surface area (Å²) < 4.78 is 0. The normalized spacial score (nSPS) is 14.3. The van der Waals surface area contributed by atoms with Crippen molar-refractivity contribution in [3.05, 3.63) is 30.3 Å². The Kier molecular flexibility index (Phi) is 3.85. The molecule has 1 N–H and O–H groups in total. The first-order valence-corrected chi connectivity index (χ1v) is 7.25. The van der Waals surface area contributed by atoms with Gasteiger partial charge in [0.1, 0.15) is 0 Å². The van der Waals surface area contributed by atoms with E-state index in [-0.39, 0.29) is 0 Å². The van der Waals surface area contributed by atoms with E-state index in [0.717, 1.165) is 24.7 Å². The summed E-state index contributed by atoms with van der Waals surface area (Å²) in [5.41, 5.74) is 1.05. The van der Waals surface area contributed by atoms with Crippen molar-refractivity contribution in [2.75, 3.05) is 42.3 Å².